The third kappa shape index (κ3) is 1.88. The molecule has 0 unspecified atom stereocenters. The summed E-state index contributed by atoms with van der Waals surface area (Å²) in [6, 6.07) is 7.86. The van der Waals surface area contributed by atoms with E-state index in [0.717, 1.165) is 11.3 Å². The van der Waals surface area contributed by atoms with Gasteiger partial charge in [0.1, 0.15) is 11.7 Å². The molecular formula is C15H12N4O. The number of aryl methyl sites for hydroxylation is 1. The third-order valence-corrected chi connectivity index (χ3v) is 3.09. The molecule has 5 nitrogen and oxygen atoms in total. The molecule has 0 aliphatic rings. The van der Waals surface area contributed by atoms with Crippen molar-refractivity contribution in [3.63, 3.8) is 0 Å². The van der Waals surface area contributed by atoms with E-state index in [1.165, 1.54) is 17.1 Å². The van der Waals surface area contributed by atoms with Gasteiger partial charge in [0.15, 0.2) is 5.65 Å². The van der Waals surface area contributed by atoms with Crippen LogP contribution < -0.4 is 5.56 Å². The van der Waals surface area contributed by atoms with E-state index in [1.54, 1.807) is 4.68 Å². The highest BCUT2D eigenvalue weighted by Gasteiger charge is 2.10. The maximum atomic E-state index is 12.2. The van der Waals surface area contributed by atoms with Gasteiger partial charge in [0, 0.05) is 0 Å². The topological polar surface area (TPSA) is 52.7 Å². The Hall–Kier alpha value is -2.87. The summed E-state index contributed by atoms with van der Waals surface area (Å²) in [5, 5.41) is 4.71. The van der Waals surface area contributed by atoms with Crippen molar-refractivity contribution >= 4 is 11.0 Å². The quantitative estimate of drug-likeness (QED) is 0.659. The zero-order chi connectivity index (χ0) is 14.1. The van der Waals surface area contributed by atoms with E-state index < -0.39 is 0 Å². The zero-order valence-corrected chi connectivity index (χ0v) is 10.9. The van der Waals surface area contributed by atoms with Gasteiger partial charge in [-0.2, -0.15) is 5.10 Å². The molecule has 0 bridgehead atoms. The second-order valence-electron chi connectivity index (χ2n) is 4.51. The molecule has 20 heavy (non-hydrogen) atoms. The Morgan fingerprint density at radius 1 is 1.30 bits per heavy atom. The molecule has 0 N–H and O–H groups in total. The van der Waals surface area contributed by atoms with E-state index >= 15 is 0 Å². The van der Waals surface area contributed by atoms with Crippen LogP contribution in [-0.4, -0.2) is 19.3 Å². The van der Waals surface area contributed by atoms with Gasteiger partial charge in [-0.25, -0.2) is 9.67 Å². The molecule has 1 aromatic carbocycles. The zero-order valence-electron chi connectivity index (χ0n) is 10.9. The number of nitrogens with zero attached hydrogens (tertiary/aromatic N) is 4. The lowest BCUT2D eigenvalue weighted by molar-refractivity contribution is 0.778. The monoisotopic (exact) mass is 264 g/mol. The molecular weight excluding hydrogens is 252 g/mol. The number of benzene rings is 1. The fourth-order valence-electron chi connectivity index (χ4n) is 2.03. The van der Waals surface area contributed by atoms with Crippen molar-refractivity contribution < 1.29 is 0 Å². The molecule has 0 aliphatic carbocycles. The SMILES string of the molecule is C#CCn1cnc2c(cnn2-c2ccc(C)cc2)c1=O. The fourth-order valence-corrected chi connectivity index (χ4v) is 2.03. The Morgan fingerprint density at radius 3 is 2.75 bits per heavy atom. The summed E-state index contributed by atoms with van der Waals surface area (Å²) in [5.74, 6) is 2.43. The minimum atomic E-state index is -0.175. The lowest BCUT2D eigenvalue weighted by atomic mass is 10.2. The lowest BCUT2D eigenvalue weighted by Crippen LogP contribution is -2.19. The smallest absolute Gasteiger partial charge is 0.265 e. The minimum absolute atomic E-state index is 0.175. The highest BCUT2D eigenvalue weighted by molar-refractivity contribution is 5.74. The molecule has 0 radical (unpaired) electrons. The highest BCUT2D eigenvalue weighted by atomic mass is 16.1. The van der Waals surface area contributed by atoms with Gasteiger partial charge < -0.3 is 0 Å². The lowest BCUT2D eigenvalue weighted by Gasteiger charge is -2.04. The molecule has 0 atom stereocenters. The van der Waals surface area contributed by atoms with E-state index in [9.17, 15) is 4.79 Å². The molecule has 0 spiro atoms. The van der Waals surface area contributed by atoms with Crippen LogP contribution in [0, 0.1) is 19.3 Å². The molecule has 0 saturated carbocycles. The number of hydrogen-bond acceptors (Lipinski definition) is 3. The van der Waals surface area contributed by atoms with E-state index in [-0.39, 0.29) is 12.1 Å². The number of aromatic nitrogens is 4. The van der Waals surface area contributed by atoms with Crippen molar-refractivity contribution in [2.24, 2.45) is 0 Å². The summed E-state index contributed by atoms with van der Waals surface area (Å²) >= 11 is 0. The van der Waals surface area contributed by atoms with Crippen LogP contribution in [0.2, 0.25) is 0 Å². The molecule has 2 heterocycles. The largest absolute Gasteiger partial charge is 0.287 e. The highest BCUT2D eigenvalue weighted by Crippen LogP contribution is 2.14. The maximum absolute atomic E-state index is 12.2. The first-order valence-electron chi connectivity index (χ1n) is 6.14. The predicted octanol–water partition coefficient (Wildman–Crippen LogP) is 1.52. The van der Waals surface area contributed by atoms with Crippen LogP contribution in [0.15, 0.2) is 41.6 Å². The van der Waals surface area contributed by atoms with Gasteiger partial charge in [0.05, 0.1) is 18.4 Å². The number of fused-ring (bicyclic) bond motifs is 1. The van der Waals surface area contributed by atoms with Gasteiger partial charge in [-0.15, -0.1) is 6.42 Å². The summed E-state index contributed by atoms with van der Waals surface area (Å²) in [6.07, 6.45) is 8.21. The van der Waals surface area contributed by atoms with Crippen LogP contribution in [0.5, 0.6) is 0 Å². The van der Waals surface area contributed by atoms with Crippen molar-refractivity contribution in [3.05, 3.63) is 52.7 Å². The Balaban J connectivity index is 2.20. The first-order chi connectivity index (χ1) is 9.70. The fraction of sp³-hybridized carbons (Fsp3) is 0.133. The van der Waals surface area contributed by atoms with Gasteiger partial charge in [0.2, 0.25) is 0 Å². The van der Waals surface area contributed by atoms with E-state index in [2.05, 4.69) is 16.0 Å². The second kappa shape index (κ2) is 4.67. The minimum Gasteiger partial charge on any atom is -0.287 e. The van der Waals surface area contributed by atoms with Crippen LogP contribution >= 0.6 is 0 Å². The Morgan fingerprint density at radius 2 is 2.05 bits per heavy atom. The molecule has 2 aromatic heterocycles. The van der Waals surface area contributed by atoms with Crippen LogP contribution in [0.1, 0.15) is 5.56 Å². The summed E-state index contributed by atoms with van der Waals surface area (Å²) in [5.41, 5.74) is 2.39. The number of rotatable bonds is 2. The van der Waals surface area contributed by atoms with Crippen LogP contribution in [-0.2, 0) is 6.54 Å². The van der Waals surface area contributed by atoms with Gasteiger partial charge in [-0.05, 0) is 19.1 Å². The average Bonchev–Trinajstić information content (AvgIpc) is 2.88. The molecule has 3 aromatic rings. The van der Waals surface area contributed by atoms with Crippen LogP contribution in [0.4, 0.5) is 0 Å². The van der Waals surface area contributed by atoms with Gasteiger partial charge >= 0.3 is 0 Å². The summed E-state index contributed by atoms with van der Waals surface area (Å²) in [7, 11) is 0. The second-order valence-corrected chi connectivity index (χ2v) is 4.51. The van der Waals surface area contributed by atoms with E-state index in [4.69, 9.17) is 6.42 Å². The molecule has 0 amide bonds. The summed E-state index contributed by atoms with van der Waals surface area (Å²) in [6.45, 7) is 2.22. The Kier molecular flexibility index (Phi) is 2.84. The normalized spacial score (nSPS) is 10.6. The van der Waals surface area contributed by atoms with Crippen molar-refractivity contribution in [1.82, 2.24) is 19.3 Å². The first kappa shape index (κ1) is 12.2. The molecule has 5 heteroatoms. The average molecular weight is 264 g/mol. The number of hydrogen-bond donors (Lipinski definition) is 0. The van der Waals surface area contributed by atoms with Crippen LogP contribution in [0.25, 0.3) is 16.7 Å². The van der Waals surface area contributed by atoms with Gasteiger partial charge in [-0.3, -0.25) is 9.36 Å². The van der Waals surface area contributed by atoms with Crippen molar-refractivity contribution in [3.8, 4) is 18.0 Å². The first-order valence-corrected chi connectivity index (χ1v) is 6.14. The summed E-state index contributed by atoms with van der Waals surface area (Å²) in [4.78, 5) is 16.5. The van der Waals surface area contributed by atoms with Crippen molar-refractivity contribution in [1.29, 1.82) is 0 Å². The van der Waals surface area contributed by atoms with Crippen molar-refractivity contribution in [2.45, 2.75) is 13.5 Å². The van der Waals surface area contributed by atoms with Gasteiger partial charge in [-0.1, -0.05) is 23.6 Å². The Labute approximate surface area is 115 Å². The van der Waals surface area contributed by atoms with Crippen LogP contribution in [0.3, 0.4) is 0 Å². The van der Waals surface area contributed by atoms with Gasteiger partial charge in [0.25, 0.3) is 5.56 Å². The van der Waals surface area contributed by atoms with Crippen molar-refractivity contribution in [2.75, 3.05) is 0 Å². The Bertz CT molecular complexity index is 866. The third-order valence-electron chi connectivity index (χ3n) is 3.09. The standard InChI is InChI=1S/C15H12N4O/c1-3-8-18-10-16-14-13(15(18)20)9-17-19(14)12-6-4-11(2)5-7-12/h1,4-7,9-10H,8H2,2H3. The predicted molar refractivity (Wildman–Crippen MR) is 76.7 cm³/mol. The molecule has 0 aliphatic heterocycles. The molecule has 0 fully saturated rings. The molecule has 3 rings (SSSR count). The molecule has 98 valence electrons. The maximum Gasteiger partial charge on any atom is 0.265 e. The molecule has 0 saturated heterocycles. The number of terminal acetylenes is 1. The van der Waals surface area contributed by atoms with E-state index in [0.29, 0.717) is 11.0 Å². The summed E-state index contributed by atoms with van der Waals surface area (Å²) < 4.78 is 3.04. The van der Waals surface area contributed by atoms with E-state index in [1.807, 2.05) is 31.2 Å².